The van der Waals surface area contributed by atoms with Gasteiger partial charge in [0.1, 0.15) is 5.01 Å². The maximum Gasteiger partial charge on any atom is 0.250 e. The predicted molar refractivity (Wildman–Crippen MR) is 94.1 cm³/mol. The van der Waals surface area contributed by atoms with Crippen molar-refractivity contribution in [1.29, 1.82) is 0 Å². The summed E-state index contributed by atoms with van der Waals surface area (Å²) < 4.78 is 0. The smallest absolute Gasteiger partial charge is 0.250 e. The van der Waals surface area contributed by atoms with Crippen molar-refractivity contribution in [3.05, 3.63) is 45.9 Å². The van der Waals surface area contributed by atoms with Gasteiger partial charge in [0.25, 0.3) is 0 Å². The first kappa shape index (κ1) is 16.5. The third-order valence-electron chi connectivity index (χ3n) is 2.52. The van der Waals surface area contributed by atoms with Gasteiger partial charge in [0.15, 0.2) is 5.11 Å². The van der Waals surface area contributed by atoms with Crippen molar-refractivity contribution >= 4 is 57.4 Å². The number of carbonyl (C=O) groups is 1. The van der Waals surface area contributed by atoms with Crippen molar-refractivity contribution in [3.8, 4) is 0 Å². The molecular formula is C14H13ClN4OS2. The van der Waals surface area contributed by atoms with Gasteiger partial charge >= 0.3 is 0 Å². The number of aryl methyl sites for hydroxylation is 1. The third-order valence-corrected chi connectivity index (χ3v) is 3.96. The number of thiocarbonyl (C=S) groups is 1. The molecule has 0 atom stereocenters. The lowest BCUT2D eigenvalue weighted by Gasteiger charge is -2.03. The molecule has 0 fully saturated rings. The van der Waals surface area contributed by atoms with Gasteiger partial charge in [-0.25, -0.2) is 0 Å². The van der Waals surface area contributed by atoms with Crippen molar-refractivity contribution < 1.29 is 4.79 Å². The van der Waals surface area contributed by atoms with E-state index < -0.39 is 0 Å². The lowest BCUT2D eigenvalue weighted by Crippen LogP contribution is -2.32. The molecule has 8 heteroatoms. The Morgan fingerprint density at radius 3 is 2.73 bits per heavy atom. The molecule has 2 aromatic rings. The fourth-order valence-corrected chi connectivity index (χ4v) is 2.55. The van der Waals surface area contributed by atoms with Crippen molar-refractivity contribution in [2.75, 3.05) is 5.32 Å². The van der Waals surface area contributed by atoms with Gasteiger partial charge in [-0.3, -0.25) is 10.1 Å². The van der Waals surface area contributed by atoms with Crippen molar-refractivity contribution in [2.45, 2.75) is 13.3 Å². The number of rotatable bonds is 4. The Kier molecular flexibility index (Phi) is 6.00. The second-order valence-electron chi connectivity index (χ2n) is 4.18. The Morgan fingerprint density at radius 2 is 2.09 bits per heavy atom. The summed E-state index contributed by atoms with van der Waals surface area (Å²) in [5.41, 5.74) is 0.870. The lowest BCUT2D eigenvalue weighted by atomic mass is 10.2. The van der Waals surface area contributed by atoms with Crippen molar-refractivity contribution in [1.82, 2.24) is 15.5 Å². The molecule has 114 valence electrons. The van der Waals surface area contributed by atoms with Gasteiger partial charge < -0.3 is 5.32 Å². The van der Waals surface area contributed by atoms with E-state index in [1.165, 1.54) is 17.4 Å². The molecule has 5 nitrogen and oxygen atoms in total. The summed E-state index contributed by atoms with van der Waals surface area (Å²) in [6.45, 7) is 1.99. The number of benzene rings is 1. The van der Waals surface area contributed by atoms with Gasteiger partial charge in [0, 0.05) is 11.1 Å². The molecule has 0 aliphatic rings. The number of hydrogen-bond acceptors (Lipinski definition) is 5. The topological polar surface area (TPSA) is 66.9 Å². The van der Waals surface area contributed by atoms with Crippen LogP contribution in [-0.4, -0.2) is 21.2 Å². The molecule has 2 N–H and O–H groups in total. The van der Waals surface area contributed by atoms with E-state index in [-0.39, 0.29) is 11.0 Å². The summed E-state index contributed by atoms with van der Waals surface area (Å²) in [5, 5.41) is 15.5. The molecule has 0 aliphatic carbocycles. The molecule has 2 rings (SSSR count). The van der Waals surface area contributed by atoms with Crippen LogP contribution in [0.25, 0.3) is 6.08 Å². The maximum atomic E-state index is 11.8. The van der Waals surface area contributed by atoms with Crippen LogP contribution in [0.1, 0.15) is 17.5 Å². The Labute approximate surface area is 142 Å². The summed E-state index contributed by atoms with van der Waals surface area (Å²) >= 11 is 12.2. The SMILES string of the molecule is CCc1nnc(NC(=S)NC(=O)/C=C/c2ccc(Cl)cc2)s1. The van der Waals surface area contributed by atoms with E-state index >= 15 is 0 Å². The Bertz CT molecular complexity index is 697. The minimum Gasteiger partial charge on any atom is -0.307 e. The first-order valence-electron chi connectivity index (χ1n) is 6.45. The van der Waals surface area contributed by atoms with Crippen LogP contribution in [0, 0.1) is 0 Å². The van der Waals surface area contributed by atoms with Crippen molar-refractivity contribution in [3.63, 3.8) is 0 Å². The molecule has 1 heterocycles. The lowest BCUT2D eigenvalue weighted by molar-refractivity contribution is -0.115. The minimum atomic E-state index is -0.326. The largest absolute Gasteiger partial charge is 0.307 e. The number of amides is 1. The number of nitrogens with zero attached hydrogens (tertiary/aromatic N) is 2. The highest BCUT2D eigenvalue weighted by Crippen LogP contribution is 2.15. The van der Waals surface area contributed by atoms with Crippen LogP contribution >= 0.6 is 35.2 Å². The predicted octanol–water partition coefficient (Wildman–Crippen LogP) is 3.28. The van der Waals surface area contributed by atoms with E-state index in [9.17, 15) is 4.79 Å². The van der Waals surface area contributed by atoms with Crippen LogP contribution in [0.3, 0.4) is 0 Å². The molecule has 1 aromatic carbocycles. The first-order valence-corrected chi connectivity index (χ1v) is 8.05. The fourth-order valence-electron chi connectivity index (χ4n) is 1.47. The third kappa shape index (κ3) is 5.18. The van der Waals surface area contributed by atoms with E-state index in [0.717, 1.165) is 17.0 Å². The summed E-state index contributed by atoms with van der Waals surface area (Å²) in [6, 6.07) is 7.14. The van der Waals surface area contributed by atoms with Crippen LogP contribution in [0.5, 0.6) is 0 Å². The molecule has 0 aliphatic heterocycles. The zero-order valence-corrected chi connectivity index (χ0v) is 14.1. The van der Waals surface area contributed by atoms with Gasteiger partial charge in [0.2, 0.25) is 11.0 Å². The van der Waals surface area contributed by atoms with E-state index in [1.54, 1.807) is 18.2 Å². The molecule has 0 radical (unpaired) electrons. The molecule has 0 spiro atoms. The van der Waals surface area contributed by atoms with E-state index in [1.807, 2.05) is 19.1 Å². The number of nitrogens with one attached hydrogen (secondary N) is 2. The molecule has 0 bridgehead atoms. The minimum absolute atomic E-state index is 0.185. The Hall–Kier alpha value is -1.83. The first-order chi connectivity index (χ1) is 10.6. The van der Waals surface area contributed by atoms with Gasteiger partial charge in [0.05, 0.1) is 0 Å². The van der Waals surface area contributed by atoms with E-state index in [0.29, 0.717) is 10.2 Å². The van der Waals surface area contributed by atoms with E-state index in [2.05, 4.69) is 20.8 Å². The van der Waals surface area contributed by atoms with Crippen LogP contribution in [0.4, 0.5) is 5.13 Å². The van der Waals surface area contributed by atoms with E-state index in [4.69, 9.17) is 23.8 Å². The zero-order valence-electron chi connectivity index (χ0n) is 11.7. The molecule has 0 saturated carbocycles. The molecule has 0 saturated heterocycles. The molecular weight excluding hydrogens is 340 g/mol. The summed E-state index contributed by atoms with van der Waals surface area (Å²) in [6.07, 6.45) is 3.88. The average Bonchev–Trinajstić information content (AvgIpc) is 2.94. The monoisotopic (exact) mass is 352 g/mol. The number of hydrogen-bond donors (Lipinski definition) is 2. The van der Waals surface area contributed by atoms with Crippen LogP contribution in [-0.2, 0) is 11.2 Å². The normalized spacial score (nSPS) is 10.6. The Morgan fingerprint density at radius 1 is 1.36 bits per heavy atom. The van der Waals surface area contributed by atoms with Crippen molar-refractivity contribution in [2.24, 2.45) is 0 Å². The summed E-state index contributed by atoms with van der Waals surface area (Å²) in [7, 11) is 0. The van der Waals surface area contributed by atoms with Gasteiger partial charge in [-0.05, 0) is 42.4 Å². The second-order valence-corrected chi connectivity index (χ2v) is 6.09. The van der Waals surface area contributed by atoms with Gasteiger partial charge in [-0.15, -0.1) is 10.2 Å². The number of aromatic nitrogens is 2. The fraction of sp³-hybridized carbons (Fsp3) is 0.143. The Balaban J connectivity index is 1.85. The highest BCUT2D eigenvalue weighted by Gasteiger charge is 2.06. The molecule has 22 heavy (non-hydrogen) atoms. The molecule has 1 aromatic heterocycles. The number of halogens is 1. The van der Waals surface area contributed by atoms with Gasteiger partial charge in [-0.2, -0.15) is 0 Å². The average molecular weight is 353 g/mol. The highest BCUT2D eigenvalue weighted by molar-refractivity contribution is 7.80. The summed E-state index contributed by atoms with van der Waals surface area (Å²) in [4.78, 5) is 11.8. The second kappa shape index (κ2) is 7.98. The number of carbonyl (C=O) groups excluding carboxylic acids is 1. The zero-order chi connectivity index (χ0) is 15.9. The highest BCUT2D eigenvalue weighted by atomic mass is 35.5. The summed E-state index contributed by atoms with van der Waals surface area (Å²) in [5.74, 6) is -0.326. The quantitative estimate of drug-likeness (QED) is 0.653. The van der Waals surface area contributed by atoms with Crippen LogP contribution in [0.15, 0.2) is 30.3 Å². The maximum absolute atomic E-state index is 11.8. The molecule has 0 unspecified atom stereocenters. The van der Waals surface area contributed by atoms with Crippen LogP contribution in [0.2, 0.25) is 5.02 Å². The van der Waals surface area contributed by atoms with Gasteiger partial charge in [-0.1, -0.05) is 42.0 Å². The number of anilines is 1. The van der Waals surface area contributed by atoms with Crippen LogP contribution < -0.4 is 10.6 Å². The standard InChI is InChI=1S/C14H13ClN4OS2/c1-2-12-18-19-14(22-12)17-13(21)16-11(20)8-5-9-3-6-10(15)7-4-9/h3-8H,2H2,1H3,(H2,16,17,19,20,21)/b8-5+. The molecule has 1 amide bonds.